The molecule has 0 amide bonds. The first kappa shape index (κ1) is 12.8. The molecule has 3 rings (SSSR count). The maximum atomic E-state index is 4.36. The molecule has 0 radical (unpaired) electrons. The Hall–Kier alpha value is -2.20. The van der Waals surface area contributed by atoms with Crippen molar-refractivity contribution in [2.24, 2.45) is 7.05 Å². The number of hydrogen-bond acceptors (Lipinski definition) is 3. The molecule has 0 saturated carbocycles. The minimum atomic E-state index is 0.281. The van der Waals surface area contributed by atoms with Gasteiger partial charge in [0.05, 0.1) is 11.7 Å². The van der Waals surface area contributed by atoms with E-state index < -0.39 is 0 Å². The Bertz CT molecular complexity index is 717. The molecule has 102 valence electrons. The summed E-state index contributed by atoms with van der Waals surface area (Å²) in [4.78, 5) is 4.36. The average molecular weight is 266 g/mol. The van der Waals surface area contributed by atoms with E-state index in [2.05, 4.69) is 45.9 Å². The van der Waals surface area contributed by atoms with E-state index in [1.807, 2.05) is 37.2 Å². The van der Waals surface area contributed by atoms with E-state index in [-0.39, 0.29) is 6.04 Å². The first-order chi connectivity index (χ1) is 9.76. The summed E-state index contributed by atoms with van der Waals surface area (Å²) in [7, 11) is 3.94. The second-order valence-electron chi connectivity index (χ2n) is 5.02. The van der Waals surface area contributed by atoms with Gasteiger partial charge in [-0.25, -0.2) is 0 Å². The number of benzene rings is 1. The Labute approximate surface area is 118 Å². The summed E-state index contributed by atoms with van der Waals surface area (Å²) in [6.45, 7) is 0. The molecule has 2 heterocycles. The van der Waals surface area contributed by atoms with Crippen molar-refractivity contribution in [3.05, 3.63) is 60.0 Å². The zero-order chi connectivity index (χ0) is 13.9. The molecule has 4 nitrogen and oxygen atoms in total. The van der Waals surface area contributed by atoms with Crippen molar-refractivity contribution in [2.75, 3.05) is 7.05 Å². The Kier molecular flexibility index (Phi) is 3.48. The van der Waals surface area contributed by atoms with E-state index in [4.69, 9.17) is 0 Å². The molecular formula is C16H18N4. The molecule has 4 heteroatoms. The highest BCUT2D eigenvalue weighted by molar-refractivity contribution is 5.79. The summed E-state index contributed by atoms with van der Waals surface area (Å²) in [5, 5.41) is 8.79. The second-order valence-corrected chi connectivity index (χ2v) is 5.02. The third-order valence-corrected chi connectivity index (χ3v) is 3.58. The monoisotopic (exact) mass is 266 g/mol. The fraction of sp³-hybridized carbons (Fsp3) is 0.250. The maximum Gasteiger partial charge on any atom is 0.0702 e. The third-order valence-electron chi connectivity index (χ3n) is 3.58. The molecule has 0 aliphatic carbocycles. The number of aryl methyl sites for hydroxylation is 1. The van der Waals surface area contributed by atoms with Gasteiger partial charge in [0.15, 0.2) is 0 Å². The zero-order valence-corrected chi connectivity index (χ0v) is 11.7. The second kappa shape index (κ2) is 5.43. The van der Waals surface area contributed by atoms with Crippen LogP contribution in [-0.2, 0) is 13.5 Å². The molecule has 0 spiro atoms. The van der Waals surface area contributed by atoms with Gasteiger partial charge in [-0.1, -0.05) is 12.1 Å². The van der Waals surface area contributed by atoms with Gasteiger partial charge in [0.25, 0.3) is 0 Å². The lowest BCUT2D eigenvalue weighted by Gasteiger charge is -2.16. The van der Waals surface area contributed by atoms with Crippen molar-refractivity contribution in [3.8, 4) is 0 Å². The van der Waals surface area contributed by atoms with Gasteiger partial charge in [0.2, 0.25) is 0 Å². The van der Waals surface area contributed by atoms with E-state index in [9.17, 15) is 0 Å². The predicted octanol–water partition coefficient (Wildman–Crippen LogP) is 2.47. The first-order valence-corrected chi connectivity index (χ1v) is 6.76. The molecule has 2 aromatic heterocycles. The smallest absolute Gasteiger partial charge is 0.0702 e. The lowest BCUT2D eigenvalue weighted by Crippen LogP contribution is -2.18. The van der Waals surface area contributed by atoms with Crippen LogP contribution >= 0.6 is 0 Å². The zero-order valence-electron chi connectivity index (χ0n) is 11.7. The first-order valence-electron chi connectivity index (χ1n) is 6.76. The predicted molar refractivity (Wildman–Crippen MR) is 80.5 cm³/mol. The number of aromatic nitrogens is 3. The van der Waals surface area contributed by atoms with E-state index in [0.717, 1.165) is 11.9 Å². The number of rotatable bonds is 4. The van der Waals surface area contributed by atoms with Crippen molar-refractivity contribution in [1.82, 2.24) is 20.1 Å². The largest absolute Gasteiger partial charge is 0.313 e. The fourth-order valence-corrected chi connectivity index (χ4v) is 2.51. The summed E-state index contributed by atoms with van der Waals surface area (Å²) in [6.07, 6.45) is 6.74. The summed E-state index contributed by atoms with van der Waals surface area (Å²) in [5.74, 6) is 0. The number of hydrogen-bond donors (Lipinski definition) is 1. The molecule has 1 aromatic carbocycles. The van der Waals surface area contributed by atoms with Crippen LogP contribution in [0.1, 0.15) is 17.2 Å². The molecule has 0 fully saturated rings. The fourth-order valence-electron chi connectivity index (χ4n) is 2.51. The molecule has 0 aliphatic rings. The lowest BCUT2D eigenvalue weighted by molar-refractivity contribution is 0.592. The van der Waals surface area contributed by atoms with Crippen LogP contribution in [0.3, 0.4) is 0 Å². The SMILES string of the molecule is CNC(Cc1cnn(C)c1)c1ccc2ncccc2c1. The molecule has 1 atom stereocenters. The van der Waals surface area contributed by atoms with Crippen molar-refractivity contribution in [3.63, 3.8) is 0 Å². The van der Waals surface area contributed by atoms with Crippen LogP contribution in [0.25, 0.3) is 10.9 Å². The summed E-state index contributed by atoms with van der Waals surface area (Å²) < 4.78 is 1.84. The van der Waals surface area contributed by atoms with Gasteiger partial charge in [0, 0.05) is 30.9 Å². The standard InChI is InChI=1S/C16H18N4/c1-17-16(8-12-10-19-20(2)11-12)14-5-6-15-13(9-14)4-3-7-18-15/h3-7,9-11,16-17H,8H2,1-2H3. The molecule has 20 heavy (non-hydrogen) atoms. The molecule has 1 unspecified atom stereocenters. The van der Waals surface area contributed by atoms with Crippen LogP contribution in [0.5, 0.6) is 0 Å². The van der Waals surface area contributed by atoms with Crippen LogP contribution in [0, 0.1) is 0 Å². The van der Waals surface area contributed by atoms with Crippen molar-refractivity contribution in [1.29, 1.82) is 0 Å². The molecular weight excluding hydrogens is 248 g/mol. The summed E-state index contributed by atoms with van der Waals surface area (Å²) in [5.41, 5.74) is 3.54. The van der Waals surface area contributed by atoms with Gasteiger partial charge in [-0.05, 0) is 42.8 Å². The Morgan fingerprint density at radius 1 is 1.30 bits per heavy atom. The molecule has 3 aromatic rings. The Balaban J connectivity index is 1.90. The average Bonchev–Trinajstić information content (AvgIpc) is 2.89. The molecule has 1 N–H and O–H groups in total. The minimum absolute atomic E-state index is 0.281. The molecule has 0 saturated heterocycles. The highest BCUT2D eigenvalue weighted by atomic mass is 15.2. The van der Waals surface area contributed by atoms with Gasteiger partial charge in [0.1, 0.15) is 0 Å². The van der Waals surface area contributed by atoms with E-state index in [0.29, 0.717) is 0 Å². The molecule has 0 aliphatic heterocycles. The van der Waals surface area contributed by atoms with Crippen LogP contribution in [0.15, 0.2) is 48.9 Å². The van der Waals surface area contributed by atoms with E-state index in [1.165, 1.54) is 16.5 Å². The lowest BCUT2D eigenvalue weighted by atomic mass is 9.99. The van der Waals surface area contributed by atoms with Crippen LogP contribution in [0.4, 0.5) is 0 Å². The Morgan fingerprint density at radius 2 is 2.20 bits per heavy atom. The van der Waals surface area contributed by atoms with Gasteiger partial charge in [-0.15, -0.1) is 0 Å². The van der Waals surface area contributed by atoms with Gasteiger partial charge < -0.3 is 5.32 Å². The number of fused-ring (bicyclic) bond motifs is 1. The number of pyridine rings is 1. The van der Waals surface area contributed by atoms with Gasteiger partial charge >= 0.3 is 0 Å². The van der Waals surface area contributed by atoms with Crippen LogP contribution in [0.2, 0.25) is 0 Å². The summed E-state index contributed by atoms with van der Waals surface area (Å²) >= 11 is 0. The number of nitrogens with zero attached hydrogens (tertiary/aromatic N) is 3. The van der Waals surface area contributed by atoms with Crippen molar-refractivity contribution < 1.29 is 0 Å². The van der Waals surface area contributed by atoms with E-state index >= 15 is 0 Å². The number of likely N-dealkylation sites (N-methyl/N-ethyl adjacent to an activating group) is 1. The van der Waals surface area contributed by atoms with Crippen molar-refractivity contribution >= 4 is 10.9 Å². The maximum absolute atomic E-state index is 4.36. The van der Waals surface area contributed by atoms with E-state index in [1.54, 1.807) is 0 Å². The van der Waals surface area contributed by atoms with Gasteiger partial charge in [-0.2, -0.15) is 5.10 Å². The molecule has 0 bridgehead atoms. The topological polar surface area (TPSA) is 42.7 Å². The number of nitrogens with one attached hydrogen (secondary N) is 1. The quantitative estimate of drug-likeness (QED) is 0.789. The van der Waals surface area contributed by atoms with Crippen LogP contribution in [-0.4, -0.2) is 21.8 Å². The normalized spacial score (nSPS) is 12.7. The van der Waals surface area contributed by atoms with Gasteiger partial charge in [-0.3, -0.25) is 9.67 Å². The van der Waals surface area contributed by atoms with Crippen LogP contribution < -0.4 is 5.32 Å². The Morgan fingerprint density at radius 3 is 2.95 bits per heavy atom. The highest BCUT2D eigenvalue weighted by Crippen LogP contribution is 2.21. The van der Waals surface area contributed by atoms with Crippen molar-refractivity contribution in [2.45, 2.75) is 12.5 Å². The minimum Gasteiger partial charge on any atom is -0.313 e. The summed E-state index contributed by atoms with van der Waals surface area (Å²) in [6, 6.07) is 10.8. The third kappa shape index (κ3) is 2.56. The highest BCUT2D eigenvalue weighted by Gasteiger charge is 2.11.